The molecule has 0 amide bonds. The van der Waals surface area contributed by atoms with E-state index in [-0.39, 0.29) is 20.8 Å². The Balaban J connectivity index is 0.000000791. The van der Waals surface area contributed by atoms with Crippen LogP contribution in [0.4, 0.5) is 0 Å². The first-order valence-corrected chi connectivity index (χ1v) is 16.3. The molecule has 7 heteroatoms. The standard InChI is InChI=1S/C18H35N3Si.CH3.2ClH.Cr/c1-13-14(2)16(4)17(15(13)3)22(5,6)21-12-8-11-20-10-7-9-19-18(20)21;;;;/h13-17H,7-12H2,1-6H3;1H3;2*1H;/q;-1;;;+2/p-2. The molecule has 0 bridgehead atoms. The second-order valence-electron chi connectivity index (χ2n) is 8.70. The first-order chi connectivity index (χ1) is 11.8. The van der Waals surface area contributed by atoms with Gasteiger partial charge in [-0.05, 0) is 42.1 Å². The van der Waals surface area contributed by atoms with Gasteiger partial charge in [0.1, 0.15) is 0 Å². The number of hydrogen-bond acceptors (Lipinski definition) is 3. The van der Waals surface area contributed by atoms with E-state index in [0.29, 0.717) is 0 Å². The second-order valence-corrected chi connectivity index (χ2v) is 15.3. The van der Waals surface area contributed by atoms with Crippen molar-refractivity contribution in [1.29, 1.82) is 0 Å². The Morgan fingerprint density at radius 1 is 0.923 bits per heavy atom. The van der Waals surface area contributed by atoms with Crippen LogP contribution in [0.3, 0.4) is 0 Å². The van der Waals surface area contributed by atoms with Gasteiger partial charge in [-0.1, -0.05) is 40.8 Å². The average molecular weight is 460 g/mol. The van der Waals surface area contributed by atoms with E-state index in [9.17, 15) is 0 Å². The van der Waals surface area contributed by atoms with E-state index in [0.717, 1.165) is 35.8 Å². The summed E-state index contributed by atoms with van der Waals surface area (Å²) in [5.74, 6) is 4.79. The van der Waals surface area contributed by atoms with Crippen molar-refractivity contribution in [2.75, 3.05) is 26.2 Å². The van der Waals surface area contributed by atoms with Crippen molar-refractivity contribution in [3.8, 4) is 0 Å². The Bertz CT molecular complexity index is 464. The molecule has 3 nitrogen and oxygen atoms in total. The third kappa shape index (κ3) is 4.77. The number of nitrogens with zero attached hydrogens (tertiary/aromatic N) is 3. The average Bonchev–Trinajstić information content (AvgIpc) is 2.78. The van der Waals surface area contributed by atoms with Crippen molar-refractivity contribution < 1.29 is 13.4 Å². The van der Waals surface area contributed by atoms with Crippen LogP contribution >= 0.6 is 20.1 Å². The third-order valence-electron chi connectivity index (χ3n) is 7.31. The summed E-state index contributed by atoms with van der Waals surface area (Å²) >= 11 is -0.181. The molecule has 2 heterocycles. The van der Waals surface area contributed by atoms with Crippen LogP contribution in [-0.4, -0.2) is 49.8 Å². The minimum absolute atomic E-state index is 0. The number of guanidine groups is 1. The molecule has 0 N–H and O–H groups in total. The fourth-order valence-corrected chi connectivity index (χ4v) is 10.7. The van der Waals surface area contributed by atoms with Gasteiger partial charge in [-0.15, -0.1) is 0 Å². The third-order valence-corrected chi connectivity index (χ3v) is 11.8. The summed E-state index contributed by atoms with van der Waals surface area (Å²) in [6.45, 7) is 20.0. The number of rotatable bonds is 2. The molecule has 0 spiro atoms. The van der Waals surface area contributed by atoms with Crippen LogP contribution in [0, 0.1) is 31.1 Å². The van der Waals surface area contributed by atoms with Gasteiger partial charge in [-0.3, -0.25) is 4.99 Å². The molecule has 3 rings (SSSR count). The molecule has 26 heavy (non-hydrogen) atoms. The van der Waals surface area contributed by atoms with Crippen molar-refractivity contribution in [2.24, 2.45) is 28.7 Å². The van der Waals surface area contributed by atoms with E-state index in [1.54, 1.807) is 0 Å². The molecule has 4 atom stereocenters. The van der Waals surface area contributed by atoms with E-state index in [2.05, 4.69) is 50.3 Å². The van der Waals surface area contributed by atoms with Crippen LogP contribution in [0.15, 0.2) is 4.99 Å². The van der Waals surface area contributed by atoms with Gasteiger partial charge >= 0.3 is 33.5 Å². The summed E-state index contributed by atoms with van der Waals surface area (Å²) in [7, 11) is 8.13. The number of halogens is 2. The first-order valence-electron chi connectivity index (χ1n) is 9.73. The molecular weight excluding hydrogens is 421 g/mol. The van der Waals surface area contributed by atoms with E-state index in [1.165, 1.54) is 38.4 Å². The SMILES string of the molecule is CC1C(C)C(C)C([Si](C)(C)N2CCCN3CCCN=C32)C1C.[CH3-].[Cl][Cr][Cl]. The normalized spacial score (nSPS) is 34.3. The van der Waals surface area contributed by atoms with Crippen molar-refractivity contribution in [3.63, 3.8) is 0 Å². The Morgan fingerprint density at radius 2 is 1.42 bits per heavy atom. The van der Waals surface area contributed by atoms with Gasteiger partial charge < -0.3 is 16.9 Å². The zero-order valence-corrected chi connectivity index (χ0v) is 21.4. The predicted molar refractivity (Wildman–Crippen MR) is 116 cm³/mol. The van der Waals surface area contributed by atoms with Crippen molar-refractivity contribution in [2.45, 2.75) is 59.2 Å². The van der Waals surface area contributed by atoms with E-state index >= 15 is 0 Å². The first kappa shape index (κ1) is 24.6. The molecule has 3 aliphatic rings. The van der Waals surface area contributed by atoms with Gasteiger partial charge in [0.15, 0.2) is 14.2 Å². The predicted octanol–water partition coefficient (Wildman–Crippen LogP) is 5.71. The molecule has 1 aliphatic carbocycles. The Labute approximate surface area is 178 Å². The maximum atomic E-state index is 4.96. The van der Waals surface area contributed by atoms with Crippen LogP contribution < -0.4 is 0 Å². The summed E-state index contributed by atoms with van der Waals surface area (Å²) < 4.78 is 2.80. The van der Waals surface area contributed by atoms with Crippen LogP contribution in [0.1, 0.15) is 40.5 Å². The fourth-order valence-electron chi connectivity index (χ4n) is 5.73. The van der Waals surface area contributed by atoms with Crippen LogP contribution in [0.2, 0.25) is 18.6 Å². The summed E-state index contributed by atoms with van der Waals surface area (Å²) in [5, 5.41) is 0. The Hall–Kier alpha value is 0.599. The summed E-state index contributed by atoms with van der Waals surface area (Å²) in [4.78, 5) is 7.53. The topological polar surface area (TPSA) is 18.8 Å². The number of aliphatic imine (C=N–C) groups is 1. The van der Waals surface area contributed by atoms with E-state index in [4.69, 9.17) is 25.1 Å². The monoisotopic (exact) mass is 458 g/mol. The van der Waals surface area contributed by atoms with Crippen LogP contribution in [-0.2, 0) is 13.4 Å². The summed E-state index contributed by atoms with van der Waals surface area (Å²) in [6, 6.07) is 0. The van der Waals surface area contributed by atoms with Gasteiger partial charge in [-0.25, -0.2) is 0 Å². The molecular formula is C19H38Cl2CrN3Si-. The van der Waals surface area contributed by atoms with Crippen molar-refractivity contribution in [3.05, 3.63) is 7.43 Å². The Morgan fingerprint density at radius 3 is 1.96 bits per heavy atom. The molecule has 4 unspecified atom stereocenters. The summed E-state index contributed by atoms with van der Waals surface area (Å²) in [6.07, 6.45) is 2.56. The Kier molecular flexibility index (Phi) is 9.85. The van der Waals surface area contributed by atoms with Crippen LogP contribution in [0.25, 0.3) is 0 Å². The molecule has 1 saturated carbocycles. The van der Waals surface area contributed by atoms with E-state index < -0.39 is 8.24 Å². The molecule has 2 fully saturated rings. The quantitative estimate of drug-likeness (QED) is 0.389. The molecule has 2 aliphatic heterocycles. The van der Waals surface area contributed by atoms with Gasteiger partial charge in [-0.2, -0.15) is 0 Å². The molecule has 1 saturated heterocycles. The van der Waals surface area contributed by atoms with E-state index in [1.807, 2.05) is 0 Å². The fraction of sp³-hybridized carbons (Fsp3) is 0.895. The molecule has 0 radical (unpaired) electrons. The van der Waals surface area contributed by atoms with Crippen molar-refractivity contribution in [1.82, 2.24) is 9.47 Å². The van der Waals surface area contributed by atoms with Crippen molar-refractivity contribution >= 4 is 34.3 Å². The number of hydrogen-bond donors (Lipinski definition) is 0. The van der Waals surface area contributed by atoms with Gasteiger partial charge in [0.25, 0.3) is 0 Å². The molecule has 154 valence electrons. The van der Waals surface area contributed by atoms with Gasteiger partial charge in [0.05, 0.1) is 0 Å². The maximum absolute atomic E-state index is 4.96. The molecule has 0 aromatic rings. The molecule has 0 aromatic carbocycles. The minimum atomic E-state index is -1.53. The number of fused-ring (bicyclic) bond motifs is 1. The molecule has 0 aromatic heterocycles. The van der Waals surface area contributed by atoms with Crippen LogP contribution in [0.5, 0.6) is 0 Å². The zero-order valence-electron chi connectivity index (χ0n) is 17.6. The second kappa shape index (κ2) is 10.4. The summed E-state index contributed by atoms with van der Waals surface area (Å²) in [5.41, 5.74) is 0.891. The van der Waals surface area contributed by atoms with Gasteiger partial charge in [0, 0.05) is 26.2 Å². The van der Waals surface area contributed by atoms with Gasteiger partial charge in [0.2, 0.25) is 0 Å². The zero-order chi connectivity index (χ0) is 18.8.